The van der Waals surface area contributed by atoms with E-state index >= 15 is 0 Å². The summed E-state index contributed by atoms with van der Waals surface area (Å²) in [7, 11) is 1.82. The molecule has 2 N–H and O–H groups in total. The molecule has 6 nitrogen and oxygen atoms in total. The molecule has 1 aromatic carbocycles. The van der Waals surface area contributed by atoms with Gasteiger partial charge in [0.15, 0.2) is 0 Å². The smallest absolute Gasteiger partial charge is 0.320 e. The number of nitrogens with zero attached hydrogens (tertiary/aromatic N) is 2. The van der Waals surface area contributed by atoms with Crippen LogP contribution in [0.1, 0.15) is 31.2 Å². The SMILES string of the molecule is CN1CCN([C@H]2CC[C@H](C(=O)NC3=CC=C(c4cc(F)cc(F)c4)CN3)CC2)C1=O. The quantitative estimate of drug-likeness (QED) is 0.794. The van der Waals surface area contributed by atoms with Crippen molar-refractivity contribution in [3.8, 4) is 0 Å². The number of dihydropyridines is 1. The lowest BCUT2D eigenvalue weighted by molar-refractivity contribution is -0.125. The highest BCUT2D eigenvalue weighted by molar-refractivity contribution is 5.81. The van der Waals surface area contributed by atoms with E-state index in [4.69, 9.17) is 0 Å². The van der Waals surface area contributed by atoms with Crippen LogP contribution in [0.3, 0.4) is 0 Å². The van der Waals surface area contributed by atoms with Crippen LogP contribution in [-0.4, -0.2) is 54.5 Å². The van der Waals surface area contributed by atoms with Gasteiger partial charge in [-0.2, -0.15) is 0 Å². The number of urea groups is 1. The molecule has 0 unspecified atom stereocenters. The third-order valence-electron chi connectivity index (χ3n) is 6.17. The number of carbonyl (C=O) groups excluding carboxylic acids is 2. The molecule has 160 valence electrons. The Kier molecular flexibility index (Phi) is 5.74. The number of allylic oxidation sites excluding steroid dienone is 2. The molecular weight excluding hydrogens is 390 g/mol. The first-order valence-corrected chi connectivity index (χ1v) is 10.3. The van der Waals surface area contributed by atoms with Crippen molar-refractivity contribution >= 4 is 17.5 Å². The maximum atomic E-state index is 13.4. The summed E-state index contributed by atoms with van der Waals surface area (Å²) in [5.41, 5.74) is 1.22. The van der Waals surface area contributed by atoms with Crippen LogP contribution in [0, 0.1) is 17.6 Å². The minimum Gasteiger partial charge on any atom is -0.367 e. The van der Waals surface area contributed by atoms with Gasteiger partial charge in [0, 0.05) is 44.7 Å². The van der Waals surface area contributed by atoms with Gasteiger partial charge in [-0.1, -0.05) is 6.08 Å². The van der Waals surface area contributed by atoms with Gasteiger partial charge in [-0.15, -0.1) is 0 Å². The van der Waals surface area contributed by atoms with Crippen LogP contribution in [0.2, 0.25) is 0 Å². The molecule has 1 aliphatic carbocycles. The summed E-state index contributed by atoms with van der Waals surface area (Å²) in [6, 6.07) is 3.72. The Bertz CT molecular complexity index is 886. The van der Waals surface area contributed by atoms with Crippen molar-refractivity contribution in [2.45, 2.75) is 31.7 Å². The fourth-order valence-electron chi connectivity index (χ4n) is 4.41. The summed E-state index contributed by atoms with van der Waals surface area (Å²) in [4.78, 5) is 28.5. The third kappa shape index (κ3) is 4.32. The molecule has 0 aromatic heterocycles. The Labute approximate surface area is 174 Å². The van der Waals surface area contributed by atoms with Crippen molar-refractivity contribution < 1.29 is 18.4 Å². The number of hydrogen-bond acceptors (Lipinski definition) is 3. The molecule has 2 aliphatic heterocycles. The van der Waals surface area contributed by atoms with E-state index < -0.39 is 11.6 Å². The summed E-state index contributed by atoms with van der Waals surface area (Å²) >= 11 is 0. The van der Waals surface area contributed by atoms with Crippen molar-refractivity contribution in [3.63, 3.8) is 0 Å². The molecule has 30 heavy (non-hydrogen) atoms. The van der Waals surface area contributed by atoms with E-state index in [9.17, 15) is 18.4 Å². The van der Waals surface area contributed by atoms with E-state index in [2.05, 4.69) is 10.6 Å². The highest BCUT2D eigenvalue weighted by atomic mass is 19.1. The topological polar surface area (TPSA) is 64.7 Å². The van der Waals surface area contributed by atoms with Gasteiger partial charge in [0.05, 0.1) is 0 Å². The average Bonchev–Trinajstić information content (AvgIpc) is 3.06. The lowest BCUT2D eigenvalue weighted by atomic mass is 9.85. The molecule has 3 amide bonds. The normalized spacial score (nSPS) is 24.3. The fraction of sp³-hybridized carbons (Fsp3) is 0.455. The van der Waals surface area contributed by atoms with Crippen LogP contribution in [0.15, 0.2) is 36.2 Å². The molecule has 2 fully saturated rings. The zero-order chi connectivity index (χ0) is 21.3. The predicted octanol–water partition coefficient (Wildman–Crippen LogP) is 2.84. The summed E-state index contributed by atoms with van der Waals surface area (Å²) < 4.78 is 26.8. The van der Waals surface area contributed by atoms with Gasteiger partial charge >= 0.3 is 6.03 Å². The predicted molar refractivity (Wildman–Crippen MR) is 109 cm³/mol. The number of carbonyl (C=O) groups is 2. The third-order valence-corrected chi connectivity index (χ3v) is 6.17. The van der Waals surface area contributed by atoms with Gasteiger partial charge < -0.3 is 20.4 Å². The number of likely N-dealkylation sites (N-methyl/N-ethyl adjacent to an activating group) is 1. The monoisotopic (exact) mass is 416 g/mol. The van der Waals surface area contributed by atoms with E-state index in [1.165, 1.54) is 12.1 Å². The first-order valence-electron chi connectivity index (χ1n) is 10.3. The molecule has 0 spiro atoms. The van der Waals surface area contributed by atoms with Crippen LogP contribution in [0.4, 0.5) is 13.6 Å². The summed E-state index contributed by atoms with van der Waals surface area (Å²) in [6.45, 7) is 1.89. The highest BCUT2D eigenvalue weighted by Gasteiger charge is 2.35. The zero-order valence-electron chi connectivity index (χ0n) is 17.0. The number of amides is 3. The van der Waals surface area contributed by atoms with E-state index in [0.717, 1.165) is 50.4 Å². The van der Waals surface area contributed by atoms with Crippen molar-refractivity contribution in [3.05, 3.63) is 53.4 Å². The van der Waals surface area contributed by atoms with Gasteiger partial charge in [-0.3, -0.25) is 4.79 Å². The number of benzene rings is 1. The number of rotatable bonds is 4. The number of hydrogen-bond donors (Lipinski definition) is 2. The van der Waals surface area contributed by atoms with Crippen molar-refractivity contribution in [1.82, 2.24) is 20.4 Å². The molecule has 0 atom stereocenters. The van der Waals surface area contributed by atoms with Crippen molar-refractivity contribution in [1.29, 1.82) is 0 Å². The van der Waals surface area contributed by atoms with Gasteiger partial charge in [-0.25, -0.2) is 13.6 Å². The molecule has 0 radical (unpaired) electrons. The van der Waals surface area contributed by atoms with Crippen molar-refractivity contribution in [2.75, 3.05) is 26.7 Å². The van der Waals surface area contributed by atoms with Gasteiger partial charge in [0.2, 0.25) is 5.91 Å². The molecule has 4 rings (SSSR count). The first kappa shape index (κ1) is 20.4. The maximum absolute atomic E-state index is 13.4. The molecule has 3 aliphatic rings. The van der Waals surface area contributed by atoms with Crippen LogP contribution in [-0.2, 0) is 4.79 Å². The van der Waals surface area contributed by atoms with Crippen LogP contribution >= 0.6 is 0 Å². The van der Waals surface area contributed by atoms with Gasteiger partial charge in [-0.05, 0) is 55.0 Å². The maximum Gasteiger partial charge on any atom is 0.320 e. The summed E-state index contributed by atoms with van der Waals surface area (Å²) in [6.07, 6.45) is 6.64. The van der Waals surface area contributed by atoms with E-state index in [1.807, 2.05) is 11.9 Å². The molecule has 0 bridgehead atoms. The van der Waals surface area contributed by atoms with Crippen LogP contribution in [0.5, 0.6) is 0 Å². The Hall–Kier alpha value is -2.90. The Morgan fingerprint density at radius 3 is 2.33 bits per heavy atom. The minimum atomic E-state index is -0.619. The Morgan fingerprint density at radius 1 is 1.07 bits per heavy atom. The average molecular weight is 416 g/mol. The van der Waals surface area contributed by atoms with Crippen molar-refractivity contribution in [2.24, 2.45) is 5.92 Å². The molecule has 1 saturated carbocycles. The summed E-state index contributed by atoms with van der Waals surface area (Å²) in [5.74, 6) is -0.773. The molecule has 8 heteroatoms. The molecule has 1 aromatic rings. The van der Waals surface area contributed by atoms with E-state index in [0.29, 0.717) is 17.9 Å². The van der Waals surface area contributed by atoms with Crippen LogP contribution < -0.4 is 10.6 Å². The second-order valence-electron chi connectivity index (χ2n) is 8.18. The Morgan fingerprint density at radius 2 is 1.77 bits per heavy atom. The van der Waals surface area contributed by atoms with Gasteiger partial charge in [0.25, 0.3) is 0 Å². The van der Waals surface area contributed by atoms with Gasteiger partial charge in [0.1, 0.15) is 17.5 Å². The summed E-state index contributed by atoms with van der Waals surface area (Å²) in [5, 5.41) is 6.01. The fourth-order valence-corrected chi connectivity index (χ4v) is 4.41. The lowest BCUT2D eigenvalue weighted by Crippen LogP contribution is -2.43. The zero-order valence-corrected chi connectivity index (χ0v) is 17.0. The molecule has 1 saturated heterocycles. The minimum absolute atomic E-state index is 0.0364. The second-order valence-corrected chi connectivity index (χ2v) is 8.18. The van der Waals surface area contributed by atoms with E-state index in [-0.39, 0.29) is 23.9 Å². The molecule has 2 heterocycles. The van der Waals surface area contributed by atoms with E-state index in [1.54, 1.807) is 17.1 Å². The largest absolute Gasteiger partial charge is 0.367 e. The number of nitrogens with one attached hydrogen (secondary N) is 2. The highest BCUT2D eigenvalue weighted by Crippen LogP contribution is 2.30. The lowest BCUT2D eigenvalue weighted by Gasteiger charge is -2.34. The second kappa shape index (κ2) is 8.45. The standard InChI is InChI=1S/C22H26F2N4O2/c1-27-8-9-28(22(27)30)19-5-2-14(3-6-19)21(29)26-20-7-4-15(13-25-20)16-10-17(23)12-18(24)11-16/h4,7,10-12,14,19,25H,2-3,5-6,8-9,13H2,1H3,(H,26,29)/t14-,19-. The number of halogens is 2. The van der Waals surface area contributed by atoms with Crippen LogP contribution in [0.25, 0.3) is 5.57 Å². The molecular formula is C22H26F2N4O2. The first-order chi connectivity index (χ1) is 14.4. The Balaban J connectivity index is 1.31.